The van der Waals surface area contributed by atoms with E-state index in [0.717, 1.165) is 11.9 Å². The molecule has 4 N–H and O–H groups in total. The molecule has 0 spiro atoms. The molecule has 0 saturated carbocycles. The average molecular weight is 345 g/mol. The molecule has 132 valence electrons. The standard InChI is InChI=1S/C15H27N3O4S/c1-11(2)10-22-14(19)15(3,23(4,20)21)5-6-17-9-13-7-12(16)8-18-13/h7-8,11,17-18H,5-6,9-10,16H2,1-4H3. The summed E-state index contributed by atoms with van der Waals surface area (Å²) in [4.78, 5) is 15.2. The Morgan fingerprint density at radius 2 is 2.13 bits per heavy atom. The predicted molar refractivity (Wildman–Crippen MR) is 90.6 cm³/mol. The van der Waals surface area contributed by atoms with Gasteiger partial charge in [-0.2, -0.15) is 0 Å². The molecule has 0 aromatic carbocycles. The van der Waals surface area contributed by atoms with Crippen molar-refractivity contribution in [3.63, 3.8) is 0 Å². The lowest BCUT2D eigenvalue weighted by Gasteiger charge is -2.26. The number of esters is 1. The van der Waals surface area contributed by atoms with Gasteiger partial charge in [-0.3, -0.25) is 4.79 Å². The van der Waals surface area contributed by atoms with Gasteiger partial charge in [0.05, 0.1) is 6.61 Å². The van der Waals surface area contributed by atoms with E-state index in [1.165, 1.54) is 6.92 Å². The zero-order valence-electron chi connectivity index (χ0n) is 14.2. The van der Waals surface area contributed by atoms with E-state index in [4.69, 9.17) is 10.5 Å². The smallest absolute Gasteiger partial charge is 0.327 e. The van der Waals surface area contributed by atoms with Crippen LogP contribution >= 0.6 is 0 Å². The lowest BCUT2D eigenvalue weighted by molar-refractivity contribution is -0.147. The molecule has 1 aromatic rings. The molecule has 1 atom stereocenters. The first kappa shape index (κ1) is 19.5. The lowest BCUT2D eigenvalue weighted by Crippen LogP contribution is -2.46. The molecule has 0 fully saturated rings. The third-order valence-electron chi connectivity index (χ3n) is 3.66. The Morgan fingerprint density at radius 3 is 2.61 bits per heavy atom. The molecule has 0 amide bonds. The molecular formula is C15H27N3O4S. The second-order valence-corrected chi connectivity index (χ2v) is 8.83. The molecule has 23 heavy (non-hydrogen) atoms. The van der Waals surface area contributed by atoms with Crippen molar-refractivity contribution >= 4 is 21.5 Å². The van der Waals surface area contributed by atoms with E-state index in [1.807, 2.05) is 13.8 Å². The first-order valence-electron chi connectivity index (χ1n) is 7.56. The fraction of sp³-hybridized carbons (Fsp3) is 0.667. The maximum atomic E-state index is 12.2. The molecule has 1 heterocycles. The van der Waals surface area contributed by atoms with Crippen molar-refractivity contribution < 1.29 is 17.9 Å². The number of rotatable bonds is 9. The SMILES string of the molecule is CC(C)COC(=O)C(C)(CCNCc1cc(N)c[nH]1)S(C)(=O)=O. The predicted octanol–water partition coefficient (Wildman–Crippen LogP) is 1.08. The topological polar surface area (TPSA) is 114 Å². The molecule has 0 bridgehead atoms. The van der Waals surface area contributed by atoms with E-state index in [-0.39, 0.29) is 18.9 Å². The fourth-order valence-corrected chi connectivity index (χ4v) is 2.78. The minimum atomic E-state index is -3.59. The van der Waals surface area contributed by atoms with E-state index < -0.39 is 20.6 Å². The van der Waals surface area contributed by atoms with Gasteiger partial charge < -0.3 is 20.8 Å². The van der Waals surface area contributed by atoms with Gasteiger partial charge in [0.2, 0.25) is 0 Å². The van der Waals surface area contributed by atoms with E-state index in [0.29, 0.717) is 18.8 Å². The van der Waals surface area contributed by atoms with Crippen LogP contribution in [0.3, 0.4) is 0 Å². The fourth-order valence-electron chi connectivity index (χ4n) is 1.95. The average Bonchev–Trinajstić information content (AvgIpc) is 2.85. The Kier molecular flexibility index (Phi) is 6.64. The highest BCUT2D eigenvalue weighted by molar-refractivity contribution is 7.92. The Labute approximate surface area is 137 Å². The van der Waals surface area contributed by atoms with Crippen LogP contribution in [0.5, 0.6) is 0 Å². The molecule has 1 aromatic heterocycles. The van der Waals surface area contributed by atoms with E-state index >= 15 is 0 Å². The number of ether oxygens (including phenoxy) is 1. The van der Waals surface area contributed by atoms with Gasteiger partial charge in [0.25, 0.3) is 0 Å². The number of nitrogens with one attached hydrogen (secondary N) is 2. The van der Waals surface area contributed by atoms with E-state index in [2.05, 4.69) is 10.3 Å². The summed E-state index contributed by atoms with van der Waals surface area (Å²) in [7, 11) is -3.59. The number of hydrogen-bond acceptors (Lipinski definition) is 6. The van der Waals surface area contributed by atoms with Gasteiger partial charge >= 0.3 is 5.97 Å². The van der Waals surface area contributed by atoms with Crippen molar-refractivity contribution in [2.45, 2.75) is 38.5 Å². The number of nitrogen functional groups attached to an aromatic ring is 1. The van der Waals surface area contributed by atoms with Crippen molar-refractivity contribution in [1.82, 2.24) is 10.3 Å². The number of hydrogen-bond donors (Lipinski definition) is 3. The van der Waals surface area contributed by atoms with Crippen molar-refractivity contribution in [1.29, 1.82) is 0 Å². The van der Waals surface area contributed by atoms with Gasteiger partial charge in [0.15, 0.2) is 14.6 Å². The van der Waals surface area contributed by atoms with Crippen LogP contribution in [0.25, 0.3) is 0 Å². The van der Waals surface area contributed by atoms with Gasteiger partial charge in [0.1, 0.15) is 0 Å². The van der Waals surface area contributed by atoms with Crippen LogP contribution in [-0.2, 0) is 25.9 Å². The molecule has 0 aliphatic carbocycles. The highest BCUT2D eigenvalue weighted by atomic mass is 32.2. The highest BCUT2D eigenvalue weighted by Gasteiger charge is 2.44. The number of carbonyl (C=O) groups excluding carboxylic acids is 1. The van der Waals surface area contributed by atoms with Crippen LogP contribution in [0, 0.1) is 5.92 Å². The molecule has 0 saturated heterocycles. The Morgan fingerprint density at radius 1 is 1.48 bits per heavy atom. The normalized spacial score (nSPS) is 14.7. The first-order chi connectivity index (χ1) is 10.6. The summed E-state index contributed by atoms with van der Waals surface area (Å²) in [6, 6.07) is 1.79. The zero-order valence-corrected chi connectivity index (χ0v) is 15.0. The molecule has 7 nitrogen and oxygen atoms in total. The number of H-pyrrole nitrogens is 1. The lowest BCUT2D eigenvalue weighted by atomic mass is 10.1. The van der Waals surface area contributed by atoms with Gasteiger partial charge in [-0.05, 0) is 31.9 Å². The Bertz CT molecular complexity index is 624. The van der Waals surface area contributed by atoms with Crippen LogP contribution in [0.15, 0.2) is 12.3 Å². The summed E-state index contributed by atoms with van der Waals surface area (Å²) in [6.45, 7) is 6.29. The first-order valence-corrected chi connectivity index (χ1v) is 9.45. The van der Waals surface area contributed by atoms with Crippen LogP contribution in [0.1, 0.15) is 32.9 Å². The third-order valence-corrected chi connectivity index (χ3v) is 5.66. The largest absolute Gasteiger partial charge is 0.464 e. The second kappa shape index (κ2) is 7.83. The summed E-state index contributed by atoms with van der Waals surface area (Å²) in [6.07, 6.45) is 2.88. The number of carbonyl (C=O) groups is 1. The molecule has 1 rings (SSSR count). The van der Waals surface area contributed by atoms with Crippen LogP contribution in [0.2, 0.25) is 0 Å². The van der Waals surface area contributed by atoms with Gasteiger partial charge in [-0.15, -0.1) is 0 Å². The van der Waals surface area contributed by atoms with Crippen molar-refractivity contribution in [2.24, 2.45) is 5.92 Å². The van der Waals surface area contributed by atoms with Crippen molar-refractivity contribution in [3.8, 4) is 0 Å². The quantitative estimate of drug-likeness (QED) is 0.456. The number of sulfone groups is 1. The molecule has 8 heteroatoms. The van der Waals surface area contributed by atoms with Crippen LogP contribution in [0.4, 0.5) is 5.69 Å². The Hall–Kier alpha value is -1.54. The van der Waals surface area contributed by atoms with Crippen LogP contribution < -0.4 is 11.1 Å². The zero-order chi connectivity index (χ0) is 17.7. The van der Waals surface area contributed by atoms with Crippen molar-refractivity contribution in [3.05, 3.63) is 18.0 Å². The van der Waals surface area contributed by atoms with Gasteiger partial charge in [-0.25, -0.2) is 8.42 Å². The van der Waals surface area contributed by atoms with Gasteiger partial charge in [-0.1, -0.05) is 13.8 Å². The minimum Gasteiger partial charge on any atom is -0.464 e. The monoisotopic (exact) mass is 345 g/mol. The minimum absolute atomic E-state index is 0.138. The van der Waals surface area contributed by atoms with E-state index in [9.17, 15) is 13.2 Å². The molecule has 0 radical (unpaired) electrons. The highest BCUT2D eigenvalue weighted by Crippen LogP contribution is 2.23. The number of anilines is 1. The third kappa shape index (κ3) is 5.54. The second-order valence-electron chi connectivity index (χ2n) is 6.38. The summed E-state index contributed by atoms with van der Waals surface area (Å²) in [5.74, 6) is -0.543. The molecule has 0 aliphatic rings. The number of aromatic amines is 1. The molecular weight excluding hydrogens is 318 g/mol. The van der Waals surface area contributed by atoms with E-state index in [1.54, 1.807) is 12.3 Å². The molecule has 1 unspecified atom stereocenters. The summed E-state index contributed by atoms with van der Waals surface area (Å²) >= 11 is 0. The number of nitrogens with two attached hydrogens (primary N) is 1. The summed E-state index contributed by atoms with van der Waals surface area (Å²) < 4.78 is 27.7. The van der Waals surface area contributed by atoms with Crippen molar-refractivity contribution in [2.75, 3.05) is 25.1 Å². The maximum absolute atomic E-state index is 12.2. The molecule has 0 aliphatic heterocycles. The summed E-state index contributed by atoms with van der Waals surface area (Å²) in [5, 5.41) is 3.10. The Balaban J connectivity index is 2.62. The number of aromatic nitrogens is 1. The van der Waals surface area contributed by atoms with Gasteiger partial charge in [0, 0.05) is 30.4 Å². The summed E-state index contributed by atoms with van der Waals surface area (Å²) in [5.41, 5.74) is 7.14. The maximum Gasteiger partial charge on any atom is 0.327 e. The van der Waals surface area contributed by atoms with Crippen LogP contribution in [-0.4, -0.2) is 43.5 Å².